The van der Waals surface area contributed by atoms with Gasteiger partial charge in [-0.15, -0.1) is 10.2 Å². The minimum absolute atomic E-state index is 0.268. The molecule has 0 fully saturated rings. The molecule has 1 unspecified atom stereocenters. The molecule has 2 aromatic heterocycles. The van der Waals surface area contributed by atoms with E-state index in [1.807, 2.05) is 48.7 Å². The van der Waals surface area contributed by atoms with Crippen LogP contribution in [0.2, 0.25) is 0 Å². The summed E-state index contributed by atoms with van der Waals surface area (Å²) in [5.74, 6) is 2.15. The first-order chi connectivity index (χ1) is 14.3. The Morgan fingerprint density at radius 2 is 1.86 bits per heavy atom. The zero-order valence-corrected chi connectivity index (χ0v) is 16.3. The van der Waals surface area contributed by atoms with Crippen LogP contribution in [0.1, 0.15) is 23.2 Å². The van der Waals surface area contributed by atoms with Gasteiger partial charge in [0.25, 0.3) is 5.89 Å². The van der Waals surface area contributed by atoms with Crippen LogP contribution < -0.4 is 14.8 Å². The Kier molecular flexibility index (Phi) is 5.58. The smallest absolute Gasteiger partial charge is 0.251 e. The maximum atomic E-state index is 6.03. The fourth-order valence-electron chi connectivity index (χ4n) is 3.11. The van der Waals surface area contributed by atoms with Gasteiger partial charge in [0.2, 0.25) is 5.89 Å². The molecule has 0 bridgehead atoms. The van der Waals surface area contributed by atoms with E-state index < -0.39 is 0 Å². The van der Waals surface area contributed by atoms with Crippen LogP contribution in [-0.4, -0.2) is 29.4 Å². The third-order valence-electron chi connectivity index (χ3n) is 4.61. The van der Waals surface area contributed by atoms with Gasteiger partial charge in [-0.05, 0) is 29.8 Å². The highest BCUT2D eigenvalue weighted by Gasteiger charge is 2.23. The average molecular weight is 390 g/mol. The number of rotatable bonds is 8. The number of aromatic amines is 1. The van der Waals surface area contributed by atoms with E-state index in [4.69, 9.17) is 13.9 Å². The predicted molar refractivity (Wildman–Crippen MR) is 109 cm³/mol. The van der Waals surface area contributed by atoms with Crippen LogP contribution in [-0.2, 0) is 6.54 Å². The van der Waals surface area contributed by atoms with E-state index in [2.05, 4.69) is 32.6 Å². The first kappa shape index (κ1) is 18.8. The zero-order chi connectivity index (χ0) is 20.1. The standard InChI is InChI=1S/C22H22N4O3/c1-27-16-10-11-17(19(13-16)28-2)21-25-26-22(29-21)20(18-9-6-12-23-18)24-14-15-7-4-3-5-8-15/h3-13,20,23-24H,14H2,1-2H3. The van der Waals surface area contributed by atoms with E-state index in [-0.39, 0.29) is 6.04 Å². The van der Waals surface area contributed by atoms with Gasteiger partial charge in [-0.3, -0.25) is 5.32 Å². The van der Waals surface area contributed by atoms with Crippen molar-refractivity contribution in [2.24, 2.45) is 0 Å². The SMILES string of the molecule is COc1ccc(-c2nnc(C(NCc3ccccc3)c3ccc[nH]3)o2)c(OC)c1. The van der Waals surface area contributed by atoms with Crippen molar-refractivity contribution in [3.05, 3.63) is 84.0 Å². The van der Waals surface area contributed by atoms with Crippen LogP contribution >= 0.6 is 0 Å². The predicted octanol–water partition coefficient (Wildman–Crippen LogP) is 3.96. The third-order valence-corrected chi connectivity index (χ3v) is 4.61. The molecule has 4 rings (SSSR count). The minimum atomic E-state index is -0.268. The number of H-pyrrole nitrogens is 1. The topological polar surface area (TPSA) is 85.2 Å². The number of hydrogen-bond donors (Lipinski definition) is 2. The summed E-state index contributed by atoms with van der Waals surface area (Å²) in [6.45, 7) is 0.661. The van der Waals surface area contributed by atoms with E-state index in [9.17, 15) is 0 Å². The van der Waals surface area contributed by atoms with E-state index >= 15 is 0 Å². The van der Waals surface area contributed by atoms with Crippen molar-refractivity contribution in [3.8, 4) is 23.0 Å². The monoisotopic (exact) mass is 390 g/mol. The largest absolute Gasteiger partial charge is 0.497 e. The number of benzene rings is 2. The lowest BCUT2D eigenvalue weighted by atomic mass is 10.1. The normalized spacial score (nSPS) is 11.9. The average Bonchev–Trinajstić information content (AvgIpc) is 3.47. The van der Waals surface area contributed by atoms with E-state index in [0.717, 1.165) is 5.69 Å². The maximum Gasteiger partial charge on any atom is 0.251 e. The summed E-state index contributed by atoms with van der Waals surface area (Å²) in [5.41, 5.74) is 2.82. The number of nitrogens with zero attached hydrogens (tertiary/aromatic N) is 2. The molecule has 0 aliphatic carbocycles. The lowest BCUT2D eigenvalue weighted by Gasteiger charge is -2.14. The number of aromatic nitrogens is 3. The van der Waals surface area contributed by atoms with Gasteiger partial charge >= 0.3 is 0 Å². The van der Waals surface area contributed by atoms with Gasteiger partial charge in [0.15, 0.2) is 0 Å². The molecule has 7 heteroatoms. The van der Waals surface area contributed by atoms with Gasteiger partial charge in [-0.2, -0.15) is 0 Å². The fourth-order valence-corrected chi connectivity index (χ4v) is 3.11. The highest BCUT2D eigenvalue weighted by atomic mass is 16.5. The van der Waals surface area contributed by atoms with Gasteiger partial charge in [0.05, 0.1) is 19.8 Å². The van der Waals surface area contributed by atoms with Crippen molar-refractivity contribution in [2.75, 3.05) is 14.2 Å². The Balaban J connectivity index is 1.62. The highest BCUT2D eigenvalue weighted by molar-refractivity contribution is 5.64. The maximum absolute atomic E-state index is 6.03. The molecule has 2 heterocycles. The summed E-state index contributed by atoms with van der Waals surface area (Å²) in [6.07, 6.45) is 1.87. The number of methoxy groups -OCH3 is 2. The highest BCUT2D eigenvalue weighted by Crippen LogP contribution is 2.33. The van der Waals surface area contributed by atoms with Crippen molar-refractivity contribution in [1.82, 2.24) is 20.5 Å². The van der Waals surface area contributed by atoms with Crippen molar-refractivity contribution < 1.29 is 13.9 Å². The molecule has 0 aliphatic rings. The fraction of sp³-hybridized carbons (Fsp3) is 0.182. The molecular formula is C22H22N4O3. The Hall–Kier alpha value is -3.58. The Morgan fingerprint density at radius 1 is 1.00 bits per heavy atom. The van der Waals surface area contributed by atoms with Crippen molar-refractivity contribution in [1.29, 1.82) is 0 Å². The third kappa shape index (κ3) is 4.14. The second-order valence-corrected chi connectivity index (χ2v) is 6.44. The Morgan fingerprint density at radius 3 is 2.59 bits per heavy atom. The van der Waals surface area contributed by atoms with Gasteiger partial charge in [0.1, 0.15) is 17.5 Å². The molecule has 0 saturated carbocycles. The summed E-state index contributed by atoms with van der Waals surface area (Å²) in [4.78, 5) is 3.23. The molecular weight excluding hydrogens is 368 g/mol. The molecule has 0 amide bonds. The summed E-state index contributed by atoms with van der Waals surface area (Å²) in [7, 11) is 3.21. The minimum Gasteiger partial charge on any atom is -0.497 e. The number of hydrogen-bond acceptors (Lipinski definition) is 6. The molecule has 0 aliphatic heterocycles. The molecule has 2 N–H and O–H groups in total. The zero-order valence-electron chi connectivity index (χ0n) is 16.3. The van der Waals surface area contributed by atoms with E-state index in [1.165, 1.54) is 5.56 Å². The second kappa shape index (κ2) is 8.62. The summed E-state index contributed by atoms with van der Waals surface area (Å²) in [6, 6.07) is 19.3. The van der Waals surface area contributed by atoms with E-state index in [1.54, 1.807) is 20.3 Å². The lowest BCUT2D eigenvalue weighted by molar-refractivity contribution is 0.392. The second-order valence-electron chi connectivity index (χ2n) is 6.44. The molecule has 148 valence electrons. The first-order valence-corrected chi connectivity index (χ1v) is 9.25. The van der Waals surface area contributed by atoms with E-state index in [0.29, 0.717) is 35.4 Å². The van der Waals surface area contributed by atoms with Gasteiger partial charge in [0, 0.05) is 24.5 Å². The molecule has 29 heavy (non-hydrogen) atoms. The van der Waals surface area contributed by atoms with Crippen molar-refractivity contribution in [2.45, 2.75) is 12.6 Å². The molecule has 1 atom stereocenters. The molecule has 0 spiro atoms. The van der Waals surface area contributed by atoms with Gasteiger partial charge in [-0.1, -0.05) is 30.3 Å². The quantitative estimate of drug-likeness (QED) is 0.474. The van der Waals surface area contributed by atoms with Crippen molar-refractivity contribution >= 4 is 0 Å². The molecule has 2 aromatic carbocycles. The molecule has 0 saturated heterocycles. The summed E-state index contributed by atoms with van der Waals surface area (Å²) >= 11 is 0. The van der Waals surface area contributed by atoms with Crippen LogP contribution in [0.4, 0.5) is 0 Å². The van der Waals surface area contributed by atoms with Crippen LogP contribution in [0.25, 0.3) is 11.5 Å². The lowest BCUT2D eigenvalue weighted by Crippen LogP contribution is -2.22. The molecule has 0 radical (unpaired) electrons. The molecule has 4 aromatic rings. The van der Waals surface area contributed by atoms with Crippen LogP contribution in [0.5, 0.6) is 11.5 Å². The van der Waals surface area contributed by atoms with Crippen LogP contribution in [0, 0.1) is 0 Å². The van der Waals surface area contributed by atoms with Crippen LogP contribution in [0.3, 0.4) is 0 Å². The Bertz CT molecular complexity index is 1050. The van der Waals surface area contributed by atoms with Gasteiger partial charge < -0.3 is 18.9 Å². The number of nitrogens with one attached hydrogen (secondary N) is 2. The molecule has 7 nitrogen and oxygen atoms in total. The number of ether oxygens (including phenoxy) is 2. The first-order valence-electron chi connectivity index (χ1n) is 9.25. The Labute approximate surface area is 168 Å². The van der Waals surface area contributed by atoms with Crippen molar-refractivity contribution in [3.63, 3.8) is 0 Å². The van der Waals surface area contributed by atoms with Gasteiger partial charge in [-0.25, -0.2) is 0 Å². The summed E-state index contributed by atoms with van der Waals surface area (Å²) in [5, 5.41) is 12.0. The van der Waals surface area contributed by atoms with Crippen LogP contribution in [0.15, 0.2) is 71.3 Å². The summed E-state index contributed by atoms with van der Waals surface area (Å²) < 4.78 is 16.7.